The summed E-state index contributed by atoms with van der Waals surface area (Å²) in [6.45, 7) is 1.98. The zero-order valence-electron chi connectivity index (χ0n) is 13.3. The molecule has 0 aliphatic rings. The van der Waals surface area contributed by atoms with E-state index in [0.29, 0.717) is 5.75 Å². The Morgan fingerprint density at radius 2 is 1.29 bits per heavy atom. The standard InChI is InChI=1S/C20H17NO2S/c1-16-12-14-17(15-13-16)23-20(22)21-24(18-8-4-2-5-9-18)19-10-6-3-7-11-19/h2-15H,1H3. The van der Waals surface area contributed by atoms with Gasteiger partial charge in [-0.15, -0.1) is 4.36 Å². The monoisotopic (exact) mass is 335 g/mol. The molecular weight excluding hydrogens is 318 g/mol. The molecule has 0 atom stereocenters. The number of carbonyl (C=O) groups excluding carboxylic acids is 1. The van der Waals surface area contributed by atoms with Crippen molar-refractivity contribution in [3.05, 3.63) is 90.5 Å². The number of aryl methyl sites for hydroxylation is 1. The van der Waals surface area contributed by atoms with E-state index in [-0.39, 0.29) is 0 Å². The topological polar surface area (TPSA) is 38.7 Å². The second-order valence-electron chi connectivity index (χ2n) is 5.18. The summed E-state index contributed by atoms with van der Waals surface area (Å²) in [4.78, 5) is 14.2. The lowest BCUT2D eigenvalue weighted by Gasteiger charge is -2.08. The fourth-order valence-electron chi connectivity index (χ4n) is 2.14. The summed E-state index contributed by atoms with van der Waals surface area (Å²) < 4.78 is 9.65. The molecule has 120 valence electrons. The van der Waals surface area contributed by atoms with Crippen molar-refractivity contribution < 1.29 is 9.53 Å². The average molecular weight is 335 g/mol. The molecule has 3 rings (SSSR count). The van der Waals surface area contributed by atoms with Crippen LogP contribution in [-0.4, -0.2) is 6.09 Å². The third-order valence-electron chi connectivity index (χ3n) is 3.32. The van der Waals surface area contributed by atoms with Crippen LogP contribution in [0.25, 0.3) is 0 Å². The van der Waals surface area contributed by atoms with Gasteiger partial charge in [-0.25, -0.2) is 4.79 Å². The maximum atomic E-state index is 12.3. The van der Waals surface area contributed by atoms with Gasteiger partial charge in [-0.2, -0.15) is 0 Å². The predicted molar refractivity (Wildman–Crippen MR) is 96.4 cm³/mol. The quantitative estimate of drug-likeness (QED) is 0.641. The van der Waals surface area contributed by atoms with Crippen molar-refractivity contribution in [3.63, 3.8) is 0 Å². The fourth-order valence-corrected chi connectivity index (χ4v) is 3.64. The number of carbonyl (C=O) groups is 1. The van der Waals surface area contributed by atoms with Crippen LogP contribution in [0, 0.1) is 6.92 Å². The summed E-state index contributed by atoms with van der Waals surface area (Å²) in [5.41, 5.74) is 1.11. The molecule has 0 aromatic heterocycles. The van der Waals surface area contributed by atoms with Crippen molar-refractivity contribution in [2.75, 3.05) is 0 Å². The number of ether oxygens (including phenoxy) is 1. The number of hydrogen-bond acceptors (Lipinski definition) is 2. The molecule has 4 heteroatoms. The van der Waals surface area contributed by atoms with E-state index in [9.17, 15) is 4.79 Å². The number of rotatable bonds is 3. The van der Waals surface area contributed by atoms with Gasteiger partial charge in [-0.05, 0) is 54.0 Å². The highest BCUT2D eigenvalue weighted by molar-refractivity contribution is 7.87. The Kier molecular flexibility index (Phi) is 5.18. The van der Waals surface area contributed by atoms with Gasteiger partial charge in [0.15, 0.2) is 0 Å². The Morgan fingerprint density at radius 3 is 1.79 bits per heavy atom. The van der Waals surface area contributed by atoms with Crippen LogP contribution < -0.4 is 4.74 Å². The van der Waals surface area contributed by atoms with Gasteiger partial charge in [-0.3, -0.25) is 0 Å². The van der Waals surface area contributed by atoms with Crippen LogP contribution >= 0.6 is 0 Å². The van der Waals surface area contributed by atoms with Crippen molar-refractivity contribution in [1.29, 1.82) is 0 Å². The van der Waals surface area contributed by atoms with E-state index in [2.05, 4.69) is 4.36 Å². The highest BCUT2D eigenvalue weighted by atomic mass is 32.2. The molecule has 3 nitrogen and oxygen atoms in total. The molecule has 0 saturated heterocycles. The first kappa shape index (κ1) is 16.1. The van der Waals surface area contributed by atoms with Crippen LogP contribution in [0.2, 0.25) is 0 Å². The molecule has 0 heterocycles. The molecule has 0 spiro atoms. The Labute approximate surface area is 144 Å². The van der Waals surface area contributed by atoms with E-state index < -0.39 is 16.8 Å². The molecule has 0 N–H and O–H groups in total. The van der Waals surface area contributed by atoms with Crippen molar-refractivity contribution in [3.8, 4) is 5.75 Å². The first-order valence-corrected chi connectivity index (χ1v) is 8.75. The third kappa shape index (κ3) is 4.18. The molecule has 0 fully saturated rings. The fraction of sp³-hybridized carbons (Fsp3) is 0.0500. The van der Waals surface area contributed by atoms with Gasteiger partial charge in [-0.1, -0.05) is 54.1 Å². The second-order valence-corrected chi connectivity index (χ2v) is 6.88. The molecule has 1 amide bonds. The first-order valence-electron chi connectivity index (χ1n) is 7.57. The summed E-state index contributed by atoms with van der Waals surface area (Å²) in [5, 5.41) is 0. The molecule has 0 bridgehead atoms. The third-order valence-corrected chi connectivity index (χ3v) is 5.09. The number of hydrogen-bond donors (Lipinski definition) is 0. The minimum atomic E-state index is -0.709. The molecule has 0 unspecified atom stereocenters. The van der Waals surface area contributed by atoms with Gasteiger partial charge >= 0.3 is 6.09 Å². The minimum absolute atomic E-state index is 0.499. The van der Waals surface area contributed by atoms with Crippen molar-refractivity contribution in [2.45, 2.75) is 16.7 Å². The van der Waals surface area contributed by atoms with Gasteiger partial charge in [0.25, 0.3) is 0 Å². The predicted octanol–water partition coefficient (Wildman–Crippen LogP) is 5.41. The lowest BCUT2D eigenvalue weighted by atomic mass is 10.2. The van der Waals surface area contributed by atoms with E-state index in [1.54, 1.807) is 12.1 Å². The van der Waals surface area contributed by atoms with E-state index in [1.807, 2.05) is 79.7 Å². The van der Waals surface area contributed by atoms with Crippen LogP contribution in [-0.2, 0) is 10.7 Å². The molecule has 0 saturated carbocycles. The first-order chi connectivity index (χ1) is 11.7. The van der Waals surface area contributed by atoms with E-state index in [0.717, 1.165) is 15.4 Å². The molecule has 0 radical (unpaired) electrons. The Balaban J connectivity index is 1.91. The smallest absolute Gasteiger partial charge is 0.408 e. The van der Waals surface area contributed by atoms with Gasteiger partial charge in [0, 0.05) is 9.79 Å². The van der Waals surface area contributed by atoms with Crippen LogP contribution in [0.1, 0.15) is 5.56 Å². The maximum absolute atomic E-state index is 12.3. The molecule has 3 aromatic carbocycles. The zero-order valence-corrected chi connectivity index (χ0v) is 14.1. The second kappa shape index (κ2) is 7.70. The summed E-state index contributed by atoms with van der Waals surface area (Å²) in [5.74, 6) is 0.499. The number of amides is 1. The normalized spacial score (nSPS) is 10.4. The lowest BCUT2D eigenvalue weighted by molar-refractivity contribution is 0.212. The summed E-state index contributed by atoms with van der Waals surface area (Å²) >= 11 is 0. The Morgan fingerprint density at radius 1 is 0.792 bits per heavy atom. The average Bonchev–Trinajstić information content (AvgIpc) is 2.63. The van der Waals surface area contributed by atoms with Crippen molar-refractivity contribution in [2.24, 2.45) is 4.36 Å². The maximum Gasteiger partial charge on any atom is 0.445 e. The van der Waals surface area contributed by atoms with Crippen LogP contribution in [0.3, 0.4) is 0 Å². The Bertz CT molecular complexity index is 802. The summed E-state index contributed by atoms with van der Waals surface area (Å²) in [6, 6.07) is 26.9. The molecule has 0 aliphatic carbocycles. The number of nitrogens with zero attached hydrogens (tertiary/aromatic N) is 1. The van der Waals surface area contributed by atoms with E-state index >= 15 is 0 Å². The van der Waals surface area contributed by atoms with Crippen LogP contribution in [0.5, 0.6) is 5.75 Å². The lowest BCUT2D eigenvalue weighted by Crippen LogP contribution is -2.05. The van der Waals surface area contributed by atoms with Gasteiger partial charge < -0.3 is 4.74 Å². The number of benzene rings is 3. The van der Waals surface area contributed by atoms with Crippen molar-refractivity contribution in [1.82, 2.24) is 0 Å². The summed E-state index contributed by atoms with van der Waals surface area (Å²) in [6.07, 6.45) is -0.588. The SMILES string of the molecule is Cc1ccc(OC(=O)N=S(c2ccccc2)c2ccccc2)cc1. The largest absolute Gasteiger partial charge is 0.445 e. The minimum Gasteiger partial charge on any atom is -0.408 e. The van der Waals surface area contributed by atoms with Crippen molar-refractivity contribution >= 4 is 16.8 Å². The molecule has 0 aliphatic heterocycles. The highest BCUT2D eigenvalue weighted by Crippen LogP contribution is 2.20. The van der Waals surface area contributed by atoms with Crippen LogP contribution in [0.4, 0.5) is 4.79 Å². The van der Waals surface area contributed by atoms with E-state index in [4.69, 9.17) is 4.74 Å². The molecule has 3 aromatic rings. The highest BCUT2D eigenvalue weighted by Gasteiger charge is 2.09. The van der Waals surface area contributed by atoms with Gasteiger partial charge in [0.1, 0.15) is 5.75 Å². The summed E-state index contributed by atoms with van der Waals surface area (Å²) in [7, 11) is -0.709. The molecular formula is C20H17NO2S. The molecule has 24 heavy (non-hydrogen) atoms. The zero-order chi connectivity index (χ0) is 16.8. The van der Waals surface area contributed by atoms with Crippen LogP contribution in [0.15, 0.2) is 99.1 Å². The van der Waals surface area contributed by atoms with Gasteiger partial charge in [0.2, 0.25) is 0 Å². The van der Waals surface area contributed by atoms with Gasteiger partial charge in [0.05, 0.1) is 0 Å². The van der Waals surface area contributed by atoms with E-state index in [1.165, 1.54) is 0 Å². The Hall–Kier alpha value is -2.72.